The van der Waals surface area contributed by atoms with E-state index >= 15 is 0 Å². The van der Waals surface area contributed by atoms with Gasteiger partial charge in [0.1, 0.15) is 10.6 Å². The third-order valence-electron chi connectivity index (χ3n) is 1.72. The summed E-state index contributed by atoms with van der Waals surface area (Å²) in [5.41, 5.74) is 0. The Bertz CT molecular complexity index is 544. The van der Waals surface area contributed by atoms with E-state index in [2.05, 4.69) is 16.3 Å². The molecule has 0 heterocycles. The minimum Gasteiger partial charge on any atom is -0.426 e. The Morgan fingerprint density at radius 2 is 1.67 bits per heavy atom. The van der Waals surface area contributed by atoms with Crippen LogP contribution in [0.5, 0.6) is 5.75 Å². The summed E-state index contributed by atoms with van der Waals surface area (Å²) in [5.74, 6) is -1.02. The SMILES string of the molecule is NS(=O)(=O)c1ccccc1OC(F)(F)C(F)(F)Cl. The third-order valence-corrected chi connectivity index (χ3v) is 2.89. The van der Waals surface area contributed by atoms with E-state index in [4.69, 9.17) is 5.14 Å². The molecule has 0 aromatic heterocycles. The van der Waals surface area contributed by atoms with Gasteiger partial charge in [0.2, 0.25) is 10.0 Å². The number of ether oxygens (including phenoxy) is 1. The molecule has 102 valence electrons. The molecule has 0 saturated carbocycles. The van der Waals surface area contributed by atoms with E-state index in [9.17, 15) is 26.0 Å². The van der Waals surface area contributed by atoms with Gasteiger partial charge < -0.3 is 4.74 Å². The molecule has 1 aromatic carbocycles. The summed E-state index contributed by atoms with van der Waals surface area (Å²) in [7, 11) is -4.40. The van der Waals surface area contributed by atoms with E-state index in [1.165, 1.54) is 0 Å². The number of rotatable bonds is 4. The molecule has 10 heteroatoms. The van der Waals surface area contributed by atoms with Crippen LogP contribution in [0.1, 0.15) is 0 Å². The van der Waals surface area contributed by atoms with Gasteiger partial charge in [-0.2, -0.15) is 17.6 Å². The molecular weight excluding hydrogens is 302 g/mol. The number of para-hydroxylation sites is 1. The minimum atomic E-state index is -5.09. The van der Waals surface area contributed by atoms with Crippen LogP contribution in [0, 0.1) is 0 Å². The highest BCUT2D eigenvalue weighted by Gasteiger charge is 2.58. The highest BCUT2D eigenvalue weighted by molar-refractivity contribution is 7.89. The Hall–Kier alpha value is -1.06. The van der Waals surface area contributed by atoms with Crippen molar-refractivity contribution in [2.75, 3.05) is 0 Å². The van der Waals surface area contributed by atoms with Crippen molar-refractivity contribution in [2.24, 2.45) is 5.14 Å². The summed E-state index contributed by atoms with van der Waals surface area (Å²) in [6.45, 7) is 0. The second kappa shape index (κ2) is 4.56. The van der Waals surface area contributed by atoms with Crippen LogP contribution in [0.3, 0.4) is 0 Å². The summed E-state index contributed by atoms with van der Waals surface area (Å²) in [4.78, 5) is -0.856. The van der Waals surface area contributed by atoms with Gasteiger partial charge in [-0.3, -0.25) is 0 Å². The molecule has 0 atom stereocenters. The topological polar surface area (TPSA) is 69.4 Å². The van der Waals surface area contributed by atoms with Crippen molar-refractivity contribution < 1.29 is 30.7 Å². The lowest BCUT2D eigenvalue weighted by molar-refractivity contribution is -0.274. The number of hydrogen-bond acceptors (Lipinski definition) is 3. The second-order valence-electron chi connectivity index (χ2n) is 3.11. The average molecular weight is 308 g/mol. The van der Waals surface area contributed by atoms with Crippen molar-refractivity contribution in [1.82, 2.24) is 0 Å². The maximum absolute atomic E-state index is 12.8. The molecule has 0 aliphatic carbocycles. The molecule has 0 aliphatic heterocycles. The van der Waals surface area contributed by atoms with Gasteiger partial charge in [0.25, 0.3) is 0 Å². The quantitative estimate of drug-likeness (QED) is 0.684. The van der Waals surface area contributed by atoms with Crippen LogP contribution in [-0.4, -0.2) is 19.9 Å². The van der Waals surface area contributed by atoms with Crippen molar-refractivity contribution in [2.45, 2.75) is 16.4 Å². The van der Waals surface area contributed by atoms with Crippen molar-refractivity contribution >= 4 is 21.6 Å². The lowest BCUT2D eigenvalue weighted by Crippen LogP contribution is -2.41. The van der Waals surface area contributed by atoms with Crippen LogP contribution < -0.4 is 9.88 Å². The molecule has 0 saturated heterocycles. The highest BCUT2D eigenvalue weighted by Crippen LogP contribution is 2.40. The Kier molecular flexibility index (Phi) is 3.80. The van der Waals surface area contributed by atoms with Crippen LogP contribution in [0.2, 0.25) is 0 Å². The fourth-order valence-electron chi connectivity index (χ4n) is 0.965. The Labute approximate surface area is 104 Å². The van der Waals surface area contributed by atoms with E-state index in [0.717, 1.165) is 24.3 Å². The van der Waals surface area contributed by atoms with Crippen LogP contribution >= 0.6 is 11.6 Å². The molecule has 1 rings (SSSR count). The standard InChI is InChI=1S/C8H6ClF4NO3S/c9-7(10,11)8(12,13)17-5-3-1-2-4-6(5)18(14,15)16/h1-4H,(H2,14,15,16). The first-order chi connectivity index (χ1) is 7.95. The van der Waals surface area contributed by atoms with Crippen molar-refractivity contribution in [1.29, 1.82) is 0 Å². The van der Waals surface area contributed by atoms with E-state index in [1.54, 1.807) is 0 Å². The largest absolute Gasteiger partial charge is 0.480 e. The monoisotopic (exact) mass is 307 g/mol. The van der Waals surface area contributed by atoms with Gasteiger partial charge in [0.15, 0.2) is 0 Å². The number of primary sulfonamides is 1. The molecule has 0 aliphatic rings. The first-order valence-electron chi connectivity index (χ1n) is 4.20. The first kappa shape index (κ1) is 15.0. The zero-order valence-corrected chi connectivity index (χ0v) is 9.98. The predicted octanol–water partition coefficient (Wildman–Crippen LogP) is 2.14. The first-order valence-corrected chi connectivity index (χ1v) is 6.13. The van der Waals surface area contributed by atoms with E-state index < -0.39 is 32.2 Å². The van der Waals surface area contributed by atoms with Gasteiger partial charge in [-0.15, -0.1) is 0 Å². The second-order valence-corrected chi connectivity index (χ2v) is 5.11. The van der Waals surface area contributed by atoms with Crippen molar-refractivity contribution in [3.05, 3.63) is 24.3 Å². The number of hydrogen-bond donors (Lipinski definition) is 1. The summed E-state index contributed by atoms with van der Waals surface area (Å²) >= 11 is 4.15. The summed E-state index contributed by atoms with van der Waals surface area (Å²) in [5, 5.41) is -0.289. The molecule has 0 spiro atoms. The van der Waals surface area contributed by atoms with Gasteiger partial charge in [0, 0.05) is 0 Å². The fourth-order valence-corrected chi connectivity index (χ4v) is 1.66. The number of sulfonamides is 1. The molecule has 4 nitrogen and oxygen atoms in total. The zero-order valence-electron chi connectivity index (χ0n) is 8.41. The Morgan fingerprint density at radius 3 is 2.11 bits per heavy atom. The maximum atomic E-state index is 12.8. The van der Waals surface area contributed by atoms with Gasteiger partial charge in [-0.1, -0.05) is 12.1 Å². The van der Waals surface area contributed by atoms with Crippen molar-refractivity contribution in [3.8, 4) is 5.75 Å². The van der Waals surface area contributed by atoms with Gasteiger partial charge in [-0.25, -0.2) is 13.6 Å². The molecule has 0 unspecified atom stereocenters. The van der Waals surface area contributed by atoms with Crippen molar-refractivity contribution in [3.63, 3.8) is 0 Å². The Morgan fingerprint density at radius 1 is 1.17 bits per heavy atom. The lowest BCUT2D eigenvalue weighted by atomic mass is 10.3. The lowest BCUT2D eigenvalue weighted by Gasteiger charge is -2.22. The zero-order chi connectivity index (χ0) is 14.2. The molecule has 0 fully saturated rings. The maximum Gasteiger partial charge on any atom is 0.480 e. The smallest absolute Gasteiger partial charge is 0.426 e. The molecule has 18 heavy (non-hydrogen) atoms. The Balaban J connectivity index is 3.22. The van der Waals surface area contributed by atoms with Gasteiger partial charge >= 0.3 is 11.5 Å². The summed E-state index contributed by atoms with van der Waals surface area (Å²) < 4.78 is 76.0. The van der Waals surface area contributed by atoms with E-state index in [-0.39, 0.29) is 0 Å². The fraction of sp³-hybridized carbons (Fsp3) is 0.250. The molecule has 2 N–H and O–H groups in total. The molecule has 0 bridgehead atoms. The van der Waals surface area contributed by atoms with Gasteiger partial charge in [-0.05, 0) is 23.7 Å². The number of nitrogens with two attached hydrogens (primary N) is 1. The third kappa shape index (κ3) is 3.24. The molecular formula is C8H6ClF4NO3S. The molecule has 1 aromatic rings. The van der Waals surface area contributed by atoms with Crippen LogP contribution in [0.25, 0.3) is 0 Å². The van der Waals surface area contributed by atoms with Crippen LogP contribution in [-0.2, 0) is 10.0 Å². The summed E-state index contributed by atoms with van der Waals surface area (Å²) in [6.07, 6.45) is -5.09. The number of alkyl halides is 5. The van der Waals surface area contributed by atoms with Gasteiger partial charge in [0.05, 0.1) is 0 Å². The molecule has 0 radical (unpaired) electrons. The molecule has 0 amide bonds. The average Bonchev–Trinajstić information content (AvgIpc) is 2.14. The number of halogens is 5. The van der Waals surface area contributed by atoms with E-state index in [1.807, 2.05) is 0 Å². The minimum absolute atomic E-state index is 0.746. The predicted molar refractivity (Wildman–Crippen MR) is 54.2 cm³/mol. The number of benzene rings is 1. The normalized spacial score (nSPS) is 13.4. The van der Waals surface area contributed by atoms with Crippen LogP contribution in [0.4, 0.5) is 17.6 Å². The summed E-state index contributed by atoms with van der Waals surface area (Å²) in [6, 6.07) is 3.83. The highest BCUT2D eigenvalue weighted by atomic mass is 35.5. The van der Waals surface area contributed by atoms with E-state index in [0.29, 0.717) is 0 Å². The van der Waals surface area contributed by atoms with Crippen LogP contribution in [0.15, 0.2) is 29.2 Å².